The van der Waals surface area contributed by atoms with Gasteiger partial charge in [-0.1, -0.05) is 0 Å². The predicted octanol–water partition coefficient (Wildman–Crippen LogP) is -1.67. The van der Waals surface area contributed by atoms with E-state index in [1.807, 2.05) is 0 Å². The van der Waals surface area contributed by atoms with E-state index in [1.165, 1.54) is 6.92 Å². The van der Waals surface area contributed by atoms with Crippen LogP contribution in [0.5, 0.6) is 0 Å². The molecule has 0 rings (SSSR count). The Morgan fingerprint density at radius 2 is 1.93 bits per heavy atom. The highest BCUT2D eigenvalue weighted by Crippen LogP contribution is 2.02. The number of amides is 1. The van der Waals surface area contributed by atoms with E-state index in [4.69, 9.17) is 5.73 Å². The summed E-state index contributed by atoms with van der Waals surface area (Å²) in [6.45, 7) is 2.57. The van der Waals surface area contributed by atoms with Gasteiger partial charge in [-0.25, -0.2) is 4.79 Å². The van der Waals surface area contributed by atoms with Crippen molar-refractivity contribution in [1.82, 2.24) is 0 Å². The van der Waals surface area contributed by atoms with E-state index in [1.54, 1.807) is 0 Å². The van der Waals surface area contributed by atoms with Crippen molar-refractivity contribution in [2.45, 2.75) is 26.1 Å². The molecule has 0 fully saturated rings. The molecule has 2 atom stereocenters. The largest absolute Gasteiger partial charge is 0.464 e. The first-order valence-corrected chi connectivity index (χ1v) is 4.21. The number of carbonyl (C=O) groups excluding carboxylic acids is 3. The van der Waals surface area contributed by atoms with Crippen molar-refractivity contribution >= 4 is 17.8 Å². The van der Waals surface area contributed by atoms with Crippen molar-refractivity contribution in [1.29, 1.82) is 0 Å². The van der Waals surface area contributed by atoms with E-state index in [-0.39, 0.29) is 6.61 Å². The fourth-order valence-corrected chi connectivity index (χ4v) is 0.808. The van der Waals surface area contributed by atoms with Gasteiger partial charge < -0.3 is 20.3 Å². The number of esters is 2. The van der Waals surface area contributed by atoms with Gasteiger partial charge in [0.05, 0.1) is 6.61 Å². The van der Waals surface area contributed by atoms with Gasteiger partial charge in [-0.15, -0.1) is 0 Å². The van der Waals surface area contributed by atoms with Crippen molar-refractivity contribution in [3.63, 3.8) is 0 Å². The van der Waals surface area contributed by atoms with Crippen molar-refractivity contribution in [3.8, 4) is 0 Å². The average molecular weight is 219 g/mol. The molecule has 0 aromatic carbocycles. The van der Waals surface area contributed by atoms with E-state index in [9.17, 15) is 19.5 Å². The summed E-state index contributed by atoms with van der Waals surface area (Å²) < 4.78 is 8.81. The quantitative estimate of drug-likeness (QED) is 0.534. The molecule has 1 amide bonds. The standard InChI is InChI=1S/C8H13NO6/c1-3-14-8(13)5(11)6(7(9)12)15-4(2)10/h5-6,11H,3H2,1-2H3,(H2,9,12)/t5-,6+/m1/s1. The zero-order valence-electron chi connectivity index (χ0n) is 8.43. The fourth-order valence-electron chi connectivity index (χ4n) is 0.808. The van der Waals surface area contributed by atoms with Crippen LogP contribution in [0.2, 0.25) is 0 Å². The minimum atomic E-state index is -1.90. The van der Waals surface area contributed by atoms with E-state index < -0.39 is 30.1 Å². The SMILES string of the molecule is CCOC(=O)[C@H](O)[C@H](OC(C)=O)C(N)=O. The summed E-state index contributed by atoms with van der Waals surface area (Å²) >= 11 is 0. The summed E-state index contributed by atoms with van der Waals surface area (Å²) in [7, 11) is 0. The Kier molecular flexibility index (Phi) is 5.32. The Balaban J connectivity index is 4.54. The lowest BCUT2D eigenvalue weighted by atomic mass is 10.2. The van der Waals surface area contributed by atoms with Gasteiger partial charge in [-0.2, -0.15) is 0 Å². The first-order valence-electron chi connectivity index (χ1n) is 4.21. The molecular weight excluding hydrogens is 206 g/mol. The molecular formula is C8H13NO6. The van der Waals surface area contributed by atoms with E-state index in [0.717, 1.165) is 6.92 Å². The lowest BCUT2D eigenvalue weighted by Gasteiger charge is -2.17. The van der Waals surface area contributed by atoms with Crippen LogP contribution in [0.15, 0.2) is 0 Å². The molecule has 0 heterocycles. The van der Waals surface area contributed by atoms with Crippen LogP contribution < -0.4 is 5.73 Å². The number of primary amides is 1. The van der Waals surface area contributed by atoms with E-state index in [2.05, 4.69) is 9.47 Å². The molecule has 0 saturated heterocycles. The van der Waals surface area contributed by atoms with Crippen molar-refractivity contribution in [2.24, 2.45) is 5.73 Å². The van der Waals surface area contributed by atoms with Gasteiger partial charge in [0.1, 0.15) is 0 Å². The number of ether oxygens (including phenoxy) is 2. The molecule has 0 aliphatic heterocycles. The van der Waals surface area contributed by atoms with Crippen molar-refractivity contribution in [2.75, 3.05) is 6.61 Å². The number of carbonyl (C=O) groups is 3. The zero-order chi connectivity index (χ0) is 12.0. The Morgan fingerprint density at radius 3 is 2.27 bits per heavy atom. The first kappa shape index (κ1) is 13.4. The van der Waals surface area contributed by atoms with Crippen LogP contribution in [0.3, 0.4) is 0 Å². The molecule has 3 N–H and O–H groups in total. The molecule has 15 heavy (non-hydrogen) atoms. The van der Waals surface area contributed by atoms with Gasteiger partial charge in [0.2, 0.25) is 6.10 Å². The highest BCUT2D eigenvalue weighted by molar-refractivity contribution is 5.89. The van der Waals surface area contributed by atoms with Crippen LogP contribution in [-0.4, -0.2) is 41.8 Å². The van der Waals surface area contributed by atoms with Crippen LogP contribution in [0.1, 0.15) is 13.8 Å². The van der Waals surface area contributed by atoms with Crippen LogP contribution in [0.25, 0.3) is 0 Å². The highest BCUT2D eigenvalue weighted by Gasteiger charge is 2.34. The molecule has 0 bridgehead atoms. The topological polar surface area (TPSA) is 116 Å². The van der Waals surface area contributed by atoms with E-state index >= 15 is 0 Å². The summed E-state index contributed by atoms with van der Waals surface area (Å²) in [5.41, 5.74) is 4.84. The number of nitrogens with two attached hydrogens (primary N) is 1. The molecule has 0 aliphatic rings. The van der Waals surface area contributed by atoms with Gasteiger partial charge in [0.25, 0.3) is 5.91 Å². The van der Waals surface area contributed by atoms with Crippen molar-refractivity contribution < 1.29 is 29.0 Å². The van der Waals surface area contributed by atoms with Gasteiger partial charge in [0, 0.05) is 6.92 Å². The first-order chi connectivity index (χ1) is 6.90. The summed E-state index contributed by atoms with van der Waals surface area (Å²) in [5.74, 6) is -3.02. The summed E-state index contributed by atoms with van der Waals surface area (Å²) in [6.07, 6.45) is -3.62. The third-order valence-corrected chi connectivity index (χ3v) is 1.39. The van der Waals surface area contributed by atoms with Gasteiger partial charge in [0.15, 0.2) is 6.10 Å². The molecule has 7 nitrogen and oxygen atoms in total. The third kappa shape index (κ3) is 4.41. The second-order valence-corrected chi connectivity index (χ2v) is 2.63. The number of hydrogen-bond donors (Lipinski definition) is 2. The number of aliphatic hydroxyl groups is 1. The number of rotatable bonds is 5. The van der Waals surface area contributed by atoms with Gasteiger partial charge in [-0.3, -0.25) is 9.59 Å². The second kappa shape index (κ2) is 5.97. The predicted molar refractivity (Wildman–Crippen MR) is 47.4 cm³/mol. The molecule has 7 heteroatoms. The maximum absolute atomic E-state index is 11.0. The van der Waals surface area contributed by atoms with Crippen LogP contribution in [-0.2, 0) is 23.9 Å². The maximum atomic E-state index is 11.0. The van der Waals surface area contributed by atoms with Crippen molar-refractivity contribution in [3.05, 3.63) is 0 Å². The van der Waals surface area contributed by atoms with Crippen LogP contribution in [0, 0.1) is 0 Å². The molecule has 0 aromatic rings. The lowest BCUT2D eigenvalue weighted by Crippen LogP contribution is -2.46. The third-order valence-electron chi connectivity index (χ3n) is 1.39. The Hall–Kier alpha value is -1.63. The molecule has 0 spiro atoms. The maximum Gasteiger partial charge on any atom is 0.339 e. The lowest BCUT2D eigenvalue weighted by molar-refractivity contribution is -0.172. The monoisotopic (exact) mass is 219 g/mol. The molecule has 0 unspecified atom stereocenters. The van der Waals surface area contributed by atoms with E-state index in [0.29, 0.717) is 0 Å². The normalized spacial score (nSPS) is 13.8. The Morgan fingerprint density at radius 1 is 1.40 bits per heavy atom. The minimum Gasteiger partial charge on any atom is -0.464 e. The molecule has 86 valence electrons. The molecule has 0 radical (unpaired) electrons. The second-order valence-electron chi connectivity index (χ2n) is 2.63. The van der Waals surface area contributed by atoms with Crippen LogP contribution in [0.4, 0.5) is 0 Å². The summed E-state index contributed by atoms with van der Waals surface area (Å²) in [4.78, 5) is 32.3. The average Bonchev–Trinajstić information content (AvgIpc) is 2.12. The fraction of sp³-hybridized carbons (Fsp3) is 0.625. The summed E-state index contributed by atoms with van der Waals surface area (Å²) in [6, 6.07) is 0. The number of hydrogen-bond acceptors (Lipinski definition) is 6. The minimum absolute atomic E-state index is 0.0292. The molecule has 0 saturated carbocycles. The highest BCUT2D eigenvalue weighted by atomic mass is 16.6. The van der Waals surface area contributed by atoms with Gasteiger partial charge >= 0.3 is 11.9 Å². The molecule has 0 aromatic heterocycles. The zero-order valence-corrected chi connectivity index (χ0v) is 8.43. The Labute approximate surface area is 86.1 Å². The smallest absolute Gasteiger partial charge is 0.339 e. The number of aliphatic hydroxyl groups excluding tert-OH is 1. The van der Waals surface area contributed by atoms with Gasteiger partial charge in [-0.05, 0) is 6.92 Å². The van der Waals surface area contributed by atoms with Crippen LogP contribution >= 0.6 is 0 Å². The summed E-state index contributed by atoms with van der Waals surface area (Å²) in [5, 5.41) is 9.28. The Bertz CT molecular complexity index is 264. The molecule has 0 aliphatic carbocycles.